The molecule has 1 heterocycles. The molecule has 5 nitrogen and oxygen atoms in total. The first-order valence-electron chi connectivity index (χ1n) is 9.95. The number of hydrogen-bond acceptors (Lipinski definition) is 3. The second-order valence-corrected chi connectivity index (χ2v) is 7.87. The molecule has 0 bridgehead atoms. The summed E-state index contributed by atoms with van der Waals surface area (Å²) in [5, 5.41) is 6.79. The summed E-state index contributed by atoms with van der Waals surface area (Å²) in [5.74, 6) is 2.00. The Morgan fingerprint density at radius 3 is 2.71 bits per heavy atom. The molecule has 2 unspecified atom stereocenters. The lowest BCUT2D eigenvalue weighted by atomic mass is 9.97. The number of guanidine groups is 1. The average Bonchev–Trinajstić information content (AvgIpc) is 2.64. The molecule has 2 rings (SSSR count). The molecule has 0 spiro atoms. The number of nitrogens with one attached hydrogen (secondary N) is 2. The zero-order valence-corrected chi connectivity index (χ0v) is 20.1. The first-order valence-corrected chi connectivity index (χ1v) is 9.95. The van der Waals surface area contributed by atoms with Crippen LogP contribution >= 0.6 is 24.0 Å². The Labute approximate surface area is 186 Å². The van der Waals surface area contributed by atoms with Gasteiger partial charge in [0.05, 0.1) is 13.2 Å². The number of methoxy groups -OCH3 is 1. The minimum Gasteiger partial charge on any atom is -0.494 e. The lowest BCUT2D eigenvalue weighted by Gasteiger charge is -2.34. The maximum atomic E-state index is 13.9. The highest BCUT2D eigenvalue weighted by atomic mass is 127. The number of likely N-dealkylation sites (tertiary alicyclic amines) is 1. The van der Waals surface area contributed by atoms with Crippen molar-refractivity contribution in [1.82, 2.24) is 15.5 Å². The van der Waals surface area contributed by atoms with Crippen LogP contribution < -0.4 is 15.4 Å². The SMILES string of the molecule is CN=C(NCC1CCCN(CC(C)C)C1)NC(C)c1ccc(OC)c(F)c1.I. The number of hydrogen-bond donors (Lipinski definition) is 2. The Bertz CT molecular complexity index is 626. The van der Waals surface area contributed by atoms with E-state index in [1.807, 2.05) is 13.0 Å². The van der Waals surface area contributed by atoms with Crippen LogP contribution in [-0.2, 0) is 0 Å². The smallest absolute Gasteiger partial charge is 0.191 e. The van der Waals surface area contributed by atoms with Crippen LogP contribution in [0, 0.1) is 17.7 Å². The fourth-order valence-electron chi connectivity index (χ4n) is 3.68. The van der Waals surface area contributed by atoms with Crippen LogP contribution in [0.25, 0.3) is 0 Å². The Balaban J connectivity index is 0.00000392. The van der Waals surface area contributed by atoms with Crippen molar-refractivity contribution in [2.75, 3.05) is 40.3 Å². The predicted molar refractivity (Wildman–Crippen MR) is 125 cm³/mol. The molecule has 0 radical (unpaired) electrons. The summed E-state index contributed by atoms with van der Waals surface area (Å²) in [7, 11) is 3.24. The summed E-state index contributed by atoms with van der Waals surface area (Å²) in [6, 6.07) is 4.98. The van der Waals surface area contributed by atoms with Crippen LogP contribution in [0.2, 0.25) is 0 Å². The standard InChI is InChI=1S/C21H35FN4O.HI/c1-15(2)13-26-10-6-7-17(14-26)12-24-21(23-4)25-16(3)18-8-9-20(27-5)19(22)11-18;/h8-9,11,15-17H,6-7,10,12-14H2,1-5H3,(H2,23,24,25);1H. The highest BCUT2D eigenvalue weighted by molar-refractivity contribution is 14.0. The molecule has 0 aromatic heterocycles. The molecule has 1 aromatic rings. The van der Waals surface area contributed by atoms with Crippen molar-refractivity contribution in [3.05, 3.63) is 29.6 Å². The van der Waals surface area contributed by atoms with Gasteiger partial charge in [-0.15, -0.1) is 24.0 Å². The van der Waals surface area contributed by atoms with E-state index in [-0.39, 0.29) is 41.6 Å². The second-order valence-electron chi connectivity index (χ2n) is 7.87. The van der Waals surface area contributed by atoms with Gasteiger partial charge in [-0.3, -0.25) is 4.99 Å². The van der Waals surface area contributed by atoms with E-state index in [0.717, 1.165) is 24.6 Å². The largest absolute Gasteiger partial charge is 0.494 e. The molecule has 2 atom stereocenters. The Hall–Kier alpha value is -1.09. The lowest BCUT2D eigenvalue weighted by Crippen LogP contribution is -2.45. The average molecular weight is 506 g/mol. The molecule has 160 valence electrons. The van der Waals surface area contributed by atoms with Crippen LogP contribution in [0.4, 0.5) is 4.39 Å². The van der Waals surface area contributed by atoms with Gasteiger partial charge >= 0.3 is 0 Å². The number of benzene rings is 1. The number of aliphatic imine (C=N–C) groups is 1. The van der Waals surface area contributed by atoms with Crippen LogP contribution in [0.5, 0.6) is 5.75 Å². The van der Waals surface area contributed by atoms with Crippen molar-refractivity contribution in [3.63, 3.8) is 0 Å². The zero-order valence-electron chi connectivity index (χ0n) is 17.8. The van der Waals surface area contributed by atoms with Gasteiger partial charge in [0.15, 0.2) is 17.5 Å². The summed E-state index contributed by atoms with van der Waals surface area (Å²) in [6.45, 7) is 11.0. The van der Waals surface area contributed by atoms with Crippen LogP contribution in [-0.4, -0.2) is 51.2 Å². The van der Waals surface area contributed by atoms with E-state index in [0.29, 0.717) is 11.8 Å². The fourth-order valence-corrected chi connectivity index (χ4v) is 3.68. The first kappa shape index (κ1) is 24.9. The van der Waals surface area contributed by atoms with Crippen molar-refractivity contribution >= 4 is 29.9 Å². The number of ether oxygens (including phenoxy) is 1. The van der Waals surface area contributed by atoms with E-state index < -0.39 is 0 Å². The molecule has 28 heavy (non-hydrogen) atoms. The van der Waals surface area contributed by atoms with E-state index >= 15 is 0 Å². The third kappa shape index (κ3) is 7.73. The molecule has 1 aromatic carbocycles. The molecule has 1 aliphatic rings. The van der Waals surface area contributed by atoms with Crippen molar-refractivity contribution in [3.8, 4) is 5.75 Å². The highest BCUT2D eigenvalue weighted by Crippen LogP contribution is 2.22. The van der Waals surface area contributed by atoms with Gasteiger partial charge in [0, 0.05) is 26.7 Å². The molecule has 2 N–H and O–H groups in total. The third-order valence-corrected chi connectivity index (χ3v) is 5.04. The maximum absolute atomic E-state index is 13.9. The normalized spacial score (nSPS) is 19.1. The lowest BCUT2D eigenvalue weighted by molar-refractivity contribution is 0.159. The molecule has 0 aliphatic carbocycles. The van der Waals surface area contributed by atoms with Crippen LogP contribution in [0.15, 0.2) is 23.2 Å². The van der Waals surface area contributed by atoms with Gasteiger partial charge in [-0.25, -0.2) is 4.39 Å². The Morgan fingerprint density at radius 2 is 2.11 bits per heavy atom. The zero-order chi connectivity index (χ0) is 19.8. The molecular formula is C21H36FIN4O. The predicted octanol–water partition coefficient (Wildman–Crippen LogP) is 4.05. The van der Waals surface area contributed by atoms with Gasteiger partial charge in [0.1, 0.15) is 0 Å². The molecule has 7 heteroatoms. The van der Waals surface area contributed by atoms with Gasteiger partial charge in [0.25, 0.3) is 0 Å². The number of nitrogens with zero attached hydrogens (tertiary/aromatic N) is 2. The van der Waals surface area contributed by atoms with E-state index in [1.54, 1.807) is 13.1 Å². The molecular weight excluding hydrogens is 470 g/mol. The monoisotopic (exact) mass is 506 g/mol. The maximum Gasteiger partial charge on any atom is 0.191 e. The molecule has 1 fully saturated rings. The summed E-state index contributed by atoms with van der Waals surface area (Å²) >= 11 is 0. The topological polar surface area (TPSA) is 48.9 Å². The highest BCUT2D eigenvalue weighted by Gasteiger charge is 2.21. The second kappa shape index (κ2) is 12.5. The number of halogens is 2. The van der Waals surface area contributed by atoms with E-state index in [4.69, 9.17) is 4.74 Å². The van der Waals surface area contributed by atoms with Gasteiger partial charge in [-0.2, -0.15) is 0 Å². The molecule has 1 saturated heterocycles. The minimum absolute atomic E-state index is 0. The third-order valence-electron chi connectivity index (χ3n) is 5.04. The van der Waals surface area contributed by atoms with Crippen LogP contribution in [0.1, 0.15) is 45.2 Å². The van der Waals surface area contributed by atoms with E-state index in [1.165, 1.54) is 39.1 Å². The van der Waals surface area contributed by atoms with E-state index in [9.17, 15) is 4.39 Å². The number of piperidine rings is 1. The van der Waals surface area contributed by atoms with Crippen molar-refractivity contribution in [2.45, 2.75) is 39.7 Å². The van der Waals surface area contributed by atoms with Gasteiger partial charge in [0.2, 0.25) is 0 Å². The van der Waals surface area contributed by atoms with Crippen molar-refractivity contribution in [2.24, 2.45) is 16.8 Å². The molecule has 1 aliphatic heterocycles. The molecule has 0 amide bonds. The summed E-state index contributed by atoms with van der Waals surface area (Å²) in [4.78, 5) is 6.89. The summed E-state index contributed by atoms with van der Waals surface area (Å²) in [5.41, 5.74) is 0.858. The Kier molecular flexibility index (Phi) is 11.1. The minimum atomic E-state index is -0.348. The fraction of sp³-hybridized carbons (Fsp3) is 0.667. The van der Waals surface area contributed by atoms with Gasteiger partial charge in [-0.05, 0) is 55.8 Å². The van der Waals surface area contributed by atoms with Gasteiger partial charge in [-0.1, -0.05) is 19.9 Å². The van der Waals surface area contributed by atoms with Gasteiger partial charge < -0.3 is 20.3 Å². The van der Waals surface area contributed by atoms with Crippen LogP contribution in [0.3, 0.4) is 0 Å². The summed E-state index contributed by atoms with van der Waals surface area (Å²) in [6.07, 6.45) is 2.50. The van der Waals surface area contributed by atoms with E-state index in [2.05, 4.69) is 34.4 Å². The first-order chi connectivity index (χ1) is 12.9. The summed E-state index contributed by atoms with van der Waals surface area (Å²) < 4.78 is 18.9. The number of rotatable bonds is 7. The van der Waals surface area contributed by atoms with Crippen molar-refractivity contribution in [1.29, 1.82) is 0 Å². The molecule has 0 saturated carbocycles. The quantitative estimate of drug-likeness (QED) is 0.333. The van der Waals surface area contributed by atoms with Crippen molar-refractivity contribution < 1.29 is 9.13 Å². The Morgan fingerprint density at radius 1 is 1.36 bits per heavy atom.